The smallest absolute Gasteiger partial charge is 0.354 e. The van der Waals surface area contributed by atoms with Crippen LogP contribution in [0.2, 0.25) is 0 Å². The molecule has 0 radical (unpaired) electrons. The topological polar surface area (TPSA) is 68.0 Å². The summed E-state index contributed by atoms with van der Waals surface area (Å²) in [6.45, 7) is 2.03. The highest BCUT2D eigenvalue weighted by molar-refractivity contribution is 5.85. The van der Waals surface area contributed by atoms with Crippen molar-refractivity contribution in [2.75, 3.05) is 0 Å². The van der Waals surface area contributed by atoms with Crippen molar-refractivity contribution >= 4 is 5.97 Å². The molecular formula is C12H13N3O2. The summed E-state index contributed by atoms with van der Waals surface area (Å²) < 4.78 is 1.75. The average molecular weight is 231 g/mol. The van der Waals surface area contributed by atoms with Crippen LogP contribution in [0.15, 0.2) is 24.5 Å². The Balaban J connectivity index is 2.42. The number of carboxylic acid groups (broad SMARTS) is 1. The number of hydrogen-bond acceptors (Lipinski definition) is 3. The molecule has 0 amide bonds. The molecule has 0 aliphatic carbocycles. The van der Waals surface area contributed by atoms with Crippen LogP contribution in [-0.4, -0.2) is 25.8 Å². The second-order valence-corrected chi connectivity index (χ2v) is 3.75. The Bertz CT molecular complexity index is 543. The molecule has 2 heterocycles. The van der Waals surface area contributed by atoms with E-state index in [0.717, 1.165) is 23.2 Å². The molecule has 0 saturated carbocycles. The van der Waals surface area contributed by atoms with Gasteiger partial charge in [-0.15, -0.1) is 0 Å². The SMILES string of the molecule is CCc1nn(C)cc1-c1ccc(C(=O)O)nc1. The van der Waals surface area contributed by atoms with E-state index in [1.165, 1.54) is 6.07 Å². The first-order valence-electron chi connectivity index (χ1n) is 5.34. The molecule has 2 aromatic rings. The zero-order valence-corrected chi connectivity index (χ0v) is 9.71. The van der Waals surface area contributed by atoms with Crippen molar-refractivity contribution in [3.8, 4) is 11.1 Å². The van der Waals surface area contributed by atoms with Crippen molar-refractivity contribution in [2.45, 2.75) is 13.3 Å². The Kier molecular flexibility index (Phi) is 2.91. The number of aryl methyl sites for hydroxylation is 2. The van der Waals surface area contributed by atoms with Crippen LogP contribution < -0.4 is 0 Å². The van der Waals surface area contributed by atoms with Gasteiger partial charge in [0, 0.05) is 30.6 Å². The van der Waals surface area contributed by atoms with Crippen molar-refractivity contribution in [2.24, 2.45) is 7.05 Å². The summed E-state index contributed by atoms with van der Waals surface area (Å²) in [5.74, 6) is -1.02. The molecule has 0 aliphatic rings. The lowest BCUT2D eigenvalue weighted by Gasteiger charge is -2.00. The fourth-order valence-electron chi connectivity index (χ4n) is 1.72. The minimum Gasteiger partial charge on any atom is -0.477 e. The summed E-state index contributed by atoms with van der Waals surface area (Å²) in [6.07, 6.45) is 4.31. The van der Waals surface area contributed by atoms with E-state index in [4.69, 9.17) is 5.11 Å². The largest absolute Gasteiger partial charge is 0.477 e. The predicted molar refractivity (Wildman–Crippen MR) is 62.8 cm³/mol. The number of aromatic carboxylic acids is 1. The van der Waals surface area contributed by atoms with E-state index in [0.29, 0.717) is 0 Å². The monoisotopic (exact) mass is 231 g/mol. The number of nitrogens with zero attached hydrogens (tertiary/aromatic N) is 3. The molecule has 0 bridgehead atoms. The van der Waals surface area contributed by atoms with Crippen molar-refractivity contribution in [3.05, 3.63) is 35.9 Å². The Hall–Kier alpha value is -2.17. The van der Waals surface area contributed by atoms with E-state index in [9.17, 15) is 4.79 Å². The molecule has 88 valence electrons. The molecule has 0 aliphatic heterocycles. The van der Waals surface area contributed by atoms with E-state index in [1.807, 2.05) is 20.2 Å². The Labute approximate surface area is 98.7 Å². The van der Waals surface area contributed by atoms with Gasteiger partial charge in [-0.1, -0.05) is 13.0 Å². The molecular weight excluding hydrogens is 218 g/mol. The van der Waals surface area contributed by atoms with Crippen LogP contribution in [0.3, 0.4) is 0 Å². The predicted octanol–water partition coefficient (Wildman–Crippen LogP) is 1.74. The lowest BCUT2D eigenvalue weighted by molar-refractivity contribution is 0.0690. The third kappa shape index (κ3) is 2.18. The van der Waals surface area contributed by atoms with Gasteiger partial charge in [-0.3, -0.25) is 4.68 Å². The molecule has 0 spiro atoms. The van der Waals surface area contributed by atoms with E-state index in [2.05, 4.69) is 10.1 Å². The normalized spacial score (nSPS) is 10.5. The average Bonchev–Trinajstić information content (AvgIpc) is 2.70. The summed E-state index contributed by atoms with van der Waals surface area (Å²) >= 11 is 0. The van der Waals surface area contributed by atoms with Gasteiger partial charge in [-0.2, -0.15) is 5.10 Å². The first kappa shape index (κ1) is 11.3. The third-order valence-corrected chi connectivity index (χ3v) is 2.53. The van der Waals surface area contributed by atoms with E-state index in [1.54, 1.807) is 16.9 Å². The van der Waals surface area contributed by atoms with Gasteiger partial charge < -0.3 is 5.11 Å². The number of rotatable bonds is 3. The van der Waals surface area contributed by atoms with Crippen LogP contribution in [0.5, 0.6) is 0 Å². The molecule has 17 heavy (non-hydrogen) atoms. The molecule has 2 rings (SSSR count). The van der Waals surface area contributed by atoms with Gasteiger partial charge in [0.2, 0.25) is 0 Å². The number of hydrogen-bond donors (Lipinski definition) is 1. The highest BCUT2D eigenvalue weighted by atomic mass is 16.4. The van der Waals surface area contributed by atoms with Gasteiger partial charge in [0.1, 0.15) is 5.69 Å². The Morgan fingerprint density at radius 2 is 2.24 bits per heavy atom. The fraction of sp³-hybridized carbons (Fsp3) is 0.250. The van der Waals surface area contributed by atoms with Gasteiger partial charge in [-0.05, 0) is 12.5 Å². The Morgan fingerprint density at radius 3 is 2.76 bits per heavy atom. The summed E-state index contributed by atoms with van der Waals surface area (Å²) in [5.41, 5.74) is 2.92. The molecule has 0 fully saturated rings. The molecule has 1 N–H and O–H groups in total. The molecule has 2 aromatic heterocycles. The first-order valence-corrected chi connectivity index (χ1v) is 5.34. The summed E-state index contributed by atoms with van der Waals surface area (Å²) in [6, 6.07) is 3.26. The standard InChI is InChI=1S/C12H13N3O2/c1-3-10-9(7-15(2)14-10)8-4-5-11(12(16)17)13-6-8/h4-7H,3H2,1-2H3,(H,16,17). The summed E-state index contributed by atoms with van der Waals surface area (Å²) in [5, 5.41) is 13.1. The third-order valence-electron chi connectivity index (χ3n) is 2.53. The van der Waals surface area contributed by atoms with Gasteiger partial charge >= 0.3 is 5.97 Å². The number of pyridine rings is 1. The van der Waals surface area contributed by atoms with E-state index >= 15 is 0 Å². The molecule has 0 aromatic carbocycles. The number of aromatic nitrogens is 3. The van der Waals surface area contributed by atoms with Crippen molar-refractivity contribution in [3.63, 3.8) is 0 Å². The van der Waals surface area contributed by atoms with Gasteiger partial charge in [0.15, 0.2) is 0 Å². The highest BCUT2D eigenvalue weighted by Crippen LogP contribution is 2.22. The lowest BCUT2D eigenvalue weighted by atomic mass is 10.1. The maximum atomic E-state index is 10.7. The van der Waals surface area contributed by atoms with Gasteiger partial charge in [0.25, 0.3) is 0 Å². The van der Waals surface area contributed by atoms with Gasteiger partial charge in [-0.25, -0.2) is 9.78 Å². The molecule has 0 unspecified atom stereocenters. The first-order chi connectivity index (χ1) is 8.11. The lowest BCUT2D eigenvalue weighted by Crippen LogP contribution is -1.99. The van der Waals surface area contributed by atoms with Crippen LogP contribution in [0.1, 0.15) is 23.1 Å². The molecule has 0 atom stereocenters. The van der Waals surface area contributed by atoms with Crippen molar-refractivity contribution in [1.29, 1.82) is 0 Å². The van der Waals surface area contributed by atoms with E-state index < -0.39 is 5.97 Å². The zero-order valence-electron chi connectivity index (χ0n) is 9.71. The summed E-state index contributed by atoms with van der Waals surface area (Å²) in [7, 11) is 1.86. The minimum atomic E-state index is -1.02. The van der Waals surface area contributed by atoms with Crippen LogP contribution in [-0.2, 0) is 13.5 Å². The number of carboxylic acids is 1. The van der Waals surface area contributed by atoms with Crippen LogP contribution >= 0.6 is 0 Å². The van der Waals surface area contributed by atoms with Crippen molar-refractivity contribution in [1.82, 2.24) is 14.8 Å². The van der Waals surface area contributed by atoms with Crippen LogP contribution in [0.4, 0.5) is 0 Å². The second-order valence-electron chi connectivity index (χ2n) is 3.75. The zero-order chi connectivity index (χ0) is 12.4. The second kappa shape index (κ2) is 4.37. The molecule has 5 heteroatoms. The highest BCUT2D eigenvalue weighted by Gasteiger charge is 2.10. The molecule has 5 nitrogen and oxygen atoms in total. The fourth-order valence-corrected chi connectivity index (χ4v) is 1.72. The maximum absolute atomic E-state index is 10.7. The molecule has 0 saturated heterocycles. The minimum absolute atomic E-state index is 0.0516. The number of carbonyl (C=O) groups is 1. The van der Waals surface area contributed by atoms with Gasteiger partial charge in [0.05, 0.1) is 5.69 Å². The van der Waals surface area contributed by atoms with Crippen LogP contribution in [0, 0.1) is 0 Å². The quantitative estimate of drug-likeness (QED) is 0.873. The van der Waals surface area contributed by atoms with E-state index in [-0.39, 0.29) is 5.69 Å². The summed E-state index contributed by atoms with van der Waals surface area (Å²) in [4.78, 5) is 14.6. The van der Waals surface area contributed by atoms with Crippen molar-refractivity contribution < 1.29 is 9.90 Å². The maximum Gasteiger partial charge on any atom is 0.354 e. The van der Waals surface area contributed by atoms with Crippen LogP contribution in [0.25, 0.3) is 11.1 Å². The Morgan fingerprint density at radius 1 is 1.47 bits per heavy atom.